The predicted octanol–water partition coefficient (Wildman–Crippen LogP) is 3.82. The maximum absolute atomic E-state index is 12.2. The standard InChI is InChI=1S/C26H37N9O2/c1-17-22(16-35(32-17)21-12-19-6-7-20(13-21)33(19)4)30-24-29-15-18(14-27)23(31-24)28-9-5-10-34-11-8-26(2,3)37-25(34)36/h15-16,19-21H,5-13H2,1-4H3,(H2,28,29,30,31). The van der Waals surface area contributed by atoms with Gasteiger partial charge in [-0.1, -0.05) is 0 Å². The minimum Gasteiger partial charge on any atom is -0.443 e. The molecule has 0 aliphatic carbocycles. The lowest BCUT2D eigenvalue weighted by Gasteiger charge is -2.36. The van der Waals surface area contributed by atoms with Gasteiger partial charge < -0.3 is 25.2 Å². The SMILES string of the molecule is Cc1nn(C2CC3CCC(C2)N3C)cc1Nc1ncc(C#N)c(NCCCN2CCC(C)(C)OC2=O)n1. The molecule has 0 aromatic carbocycles. The summed E-state index contributed by atoms with van der Waals surface area (Å²) in [7, 11) is 2.25. The predicted molar refractivity (Wildman–Crippen MR) is 140 cm³/mol. The van der Waals surface area contributed by atoms with Crippen LogP contribution in [0.2, 0.25) is 0 Å². The van der Waals surface area contributed by atoms with Crippen LogP contribution in [0, 0.1) is 18.3 Å². The number of aryl methyl sites for hydroxylation is 1. The Bertz CT molecular complexity index is 1170. The summed E-state index contributed by atoms with van der Waals surface area (Å²) in [5.41, 5.74) is 1.73. The molecule has 5 heterocycles. The number of amides is 1. The second-order valence-corrected chi connectivity index (χ2v) is 11.1. The van der Waals surface area contributed by atoms with E-state index in [2.05, 4.69) is 49.5 Å². The second-order valence-electron chi connectivity index (χ2n) is 11.1. The fraction of sp³-hybridized carbons (Fsp3) is 0.654. The average Bonchev–Trinajstić information content (AvgIpc) is 3.29. The summed E-state index contributed by atoms with van der Waals surface area (Å²) in [4.78, 5) is 25.3. The maximum atomic E-state index is 12.2. The Morgan fingerprint density at radius 3 is 2.70 bits per heavy atom. The number of hydrogen-bond donors (Lipinski definition) is 2. The average molecular weight is 508 g/mol. The third-order valence-corrected chi connectivity index (χ3v) is 8.02. The largest absolute Gasteiger partial charge is 0.443 e. The van der Waals surface area contributed by atoms with Crippen LogP contribution in [0.4, 0.5) is 22.2 Å². The molecule has 0 saturated carbocycles. The fourth-order valence-electron chi connectivity index (χ4n) is 5.70. The number of fused-ring (bicyclic) bond motifs is 2. The summed E-state index contributed by atoms with van der Waals surface area (Å²) >= 11 is 0. The van der Waals surface area contributed by atoms with Gasteiger partial charge in [-0.05, 0) is 59.9 Å². The lowest BCUT2D eigenvalue weighted by molar-refractivity contribution is -0.0253. The molecule has 3 fully saturated rings. The molecule has 1 amide bonds. The molecule has 5 rings (SSSR count). The summed E-state index contributed by atoms with van der Waals surface area (Å²) in [6.45, 7) is 7.67. The quantitative estimate of drug-likeness (QED) is 0.513. The van der Waals surface area contributed by atoms with E-state index in [0.717, 1.165) is 30.6 Å². The number of carbonyl (C=O) groups excluding carboxylic acids is 1. The van der Waals surface area contributed by atoms with E-state index in [1.165, 1.54) is 19.0 Å². The van der Waals surface area contributed by atoms with Crippen LogP contribution in [0.15, 0.2) is 12.4 Å². The first-order chi connectivity index (χ1) is 17.7. The molecule has 3 aliphatic heterocycles. The van der Waals surface area contributed by atoms with Crippen LogP contribution in [-0.4, -0.2) is 80.0 Å². The Labute approximate surface area is 218 Å². The van der Waals surface area contributed by atoms with Crippen LogP contribution in [0.25, 0.3) is 0 Å². The van der Waals surface area contributed by atoms with E-state index < -0.39 is 5.60 Å². The fourth-order valence-corrected chi connectivity index (χ4v) is 5.70. The lowest BCUT2D eigenvalue weighted by atomic mass is 9.98. The summed E-state index contributed by atoms with van der Waals surface area (Å²) in [5, 5.41) is 20.8. The molecule has 0 radical (unpaired) electrons. The Morgan fingerprint density at radius 1 is 1.24 bits per heavy atom. The number of hydrogen-bond acceptors (Lipinski definition) is 9. The number of anilines is 3. The van der Waals surface area contributed by atoms with Gasteiger partial charge in [0.15, 0.2) is 0 Å². The van der Waals surface area contributed by atoms with E-state index in [1.807, 2.05) is 20.8 Å². The van der Waals surface area contributed by atoms with Crippen molar-refractivity contribution in [2.24, 2.45) is 0 Å². The molecular formula is C26H37N9O2. The van der Waals surface area contributed by atoms with Gasteiger partial charge in [0.1, 0.15) is 23.1 Å². The Balaban J connectivity index is 1.19. The van der Waals surface area contributed by atoms with Gasteiger partial charge in [0.05, 0.1) is 23.6 Å². The summed E-state index contributed by atoms with van der Waals surface area (Å²) in [6, 6.07) is 3.85. The van der Waals surface area contributed by atoms with Crippen molar-refractivity contribution in [1.29, 1.82) is 5.26 Å². The van der Waals surface area contributed by atoms with E-state index in [9.17, 15) is 10.1 Å². The number of piperidine rings is 1. The number of aromatic nitrogens is 4. The molecule has 37 heavy (non-hydrogen) atoms. The maximum Gasteiger partial charge on any atom is 0.410 e. The number of cyclic esters (lactones) is 1. The topological polar surface area (TPSA) is 124 Å². The Kier molecular flexibility index (Phi) is 6.94. The molecule has 2 N–H and O–H groups in total. The zero-order valence-corrected chi connectivity index (χ0v) is 22.2. The number of rotatable bonds is 8. The molecule has 2 unspecified atom stereocenters. The van der Waals surface area contributed by atoms with Crippen molar-refractivity contribution in [3.8, 4) is 6.07 Å². The minimum atomic E-state index is -0.403. The number of nitrogens with one attached hydrogen (secondary N) is 2. The van der Waals surface area contributed by atoms with E-state index in [4.69, 9.17) is 9.84 Å². The van der Waals surface area contributed by atoms with Gasteiger partial charge in [-0.15, -0.1) is 0 Å². The van der Waals surface area contributed by atoms with Crippen molar-refractivity contribution in [3.05, 3.63) is 23.7 Å². The Morgan fingerprint density at radius 2 is 2.00 bits per heavy atom. The number of ether oxygens (including phenoxy) is 1. The van der Waals surface area contributed by atoms with Crippen molar-refractivity contribution in [3.63, 3.8) is 0 Å². The van der Waals surface area contributed by atoms with Crippen molar-refractivity contribution in [2.45, 2.75) is 83.0 Å². The molecule has 2 bridgehead atoms. The number of carbonyl (C=O) groups is 1. The lowest BCUT2D eigenvalue weighted by Crippen LogP contribution is -2.47. The minimum absolute atomic E-state index is 0.272. The molecule has 2 aromatic heterocycles. The molecule has 0 spiro atoms. The van der Waals surface area contributed by atoms with Crippen LogP contribution in [0.1, 0.15) is 69.7 Å². The third kappa shape index (κ3) is 5.49. The number of nitriles is 1. The molecule has 11 nitrogen and oxygen atoms in total. The molecule has 3 saturated heterocycles. The van der Waals surface area contributed by atoms with Crippen LogP contribution in [0.3, 0.4) is 0 Å². The van der Waals surface area contributed by atoms with Gasteiger partial charge in [-0.2, -0.15) is 15.3 Å². The van der Waals surface area contributed by atoms with E-state index >= 15 is 0 Å². The van der Waals surface area contributed by atoms with E-state index in [-0.39, 0.29) is 6.09 Å². The molecule has 3 aliphatic rings. The van der Waals surface area contributed by atoms with Gasteiger partial charge in [0, 0.05) is 44.3 Å². The van der Waals surface area contributed by atoms with E-state index in [0.29, 0.717) is 61.5 Å². The first kappa shape index (κ1) is 25.3. The smallest absolute Gasteiger partial charge is 0.410 e. The zero-order chi connectivity index (χ0) is 26.2. The highest BCUT2D eigenvalue weighted by molar-refractivity contribution is 5.69. The van der Waals surface area contributed by atoms with Crippen molar-refractivity contribution in [1.82, 2.24) is 29.5 Å². The van der Waals surface area contributed by atoms with Crippen LogP contribution in [0.5, 0.6) is 0 Å². The van der Waals surface area contributed by atoms with Crippen molar-refractivity contribution in [2.75, 3.05) is 37.3 Å². The van der Waals surface area contributed by atoms with Crippen molar-refractivity contribution < 1.29 is 9.53 Å². The number of nitrogens with zero attached hydrogens (tertiary/aromatic N) is 7. The zero-order valence-electron chi connectivity index (χ0n) is 22.2. The molecule has 198 valence electrons. The van der Waals surface area contributed by atoms with Crippen LogP contribution in [-0.2, 0) is 4.74 Å². The van der Waals surface area contributed by atoms with Gasteiger partial charge in [-0.25, -0.2) is 9.78 Å². The summed E-state index contributed by atoms with van der Waals surface area (Å²) in [6.07, 6.45) is 9.62. The highest BCUT2D eigenvalue weighted by Gasteiger charge is 2.39. The van der Waals surface area contributed by atoms with Gasteiger partial charge >= 0.3 is 6.09 Å². The van der Waals surface area contributed by atoms with E-state index in [1.54, 1.807) is 4.90 Å². The molecule has 2 aromatic rings. The molecule has 11 heteroatoms. The summed E-state index contributed by atoms with van der Waals surface area (Å²) in [5.74, 6) is 0.883. The highest BCUT2D eigenvalue weighted by Crippen LogP contribution is 2.40. The first-order valence-corrected chi connectivity index (χ1v) is 13.3. The summed E-state index contributed by atoms with van der Waals surface area (Å²) < 4.78 is 7.57. The third-order valence-electron chi connectivity index (χ3n) is 8.02. The van der Waals surface area contributed by atoms with Crippen molar-refractivity contribution >= 4 is 23.5 Å². The highest BCUT2D eigenvalue weighted by atomic mass is 16.6. The Hall–Kier alpha value is -3.39. The first-order valence-electron chi connectivity index (χ1n) is 13.3. The van der Waals surface area contributed by atoms with Gasteiger partial charge in [0.25, 0.3) is 0 Å². The van der Waals surface area contributed by atoms with Crippen LogP contribution < -0.4 is 10.6 Å². The normalized spacial score (nSPS) is 25.0. The molecule has 2 atom stereocenters. The molecular weight excluding hydrogens is 470 g/mol. The van der Waals surface area contributed by atoms with Crippen LogP contribution >= 0.6 is 0 Å². The van der Waals surface area contributed by atoms with Gasteiger partial charge in [-0.3, -0.25) is 4.68 Å². The monoisotopic (exact) mass is 507 g/mol. The van der Waals surface area contributed by atoms with Gasteiger partial charge in [0.2, 0.25) is 5.95 Å². The second kappa shape index (κ2) is 10.2.